The maximum Gasteiger partial charge on any atom is 0.259 e. The molecular weight excluding hydrogens is 263 g/mol. The van der Waals surface area contributed by atoms with Crippen LogP contribution in [-0.2, 0) is 0 Å². The third kappa shape index (κ3) is 3.34. The minimum atomic E-state index is -0.541. The van der Waals surface area contributed by atoms with Crippen molar-refractivity contribution in [1.29, 1.82) is 0 Å². The lowest BCUT2D eigenvalue weighted by Gasteiger charge is -2.05. The Labute approximate surface area is 113 Å². The number of nitrogens with one attached hydrogen (secondary N) is 1. The summed E-state index contributed by atoms with van der Waals surface area (Å²) in [6, 6.07) is 3.55. The summed E-state index contributed by atoms with van der Waals surface area (Å²) in [5.41, 5.74) is 0.320. The normalized spacial score (nSPS) is 9.50. The summed E-state index contributed by atoms with van der Waals surface area (Å²) in [4.78, 5) is 15.8. The highest BCUT2D eigenvalue weighted by Crippen LogP contribution is 2.12. The number of aliphatic hydroxyl groups is 1. The molecule has 2 N–H and O–H groups in total. The van der Waals surface area contributed by atoms with Crippen LogP contribution in [0.4, 0.5) is 10.3 Å². The van der Waals surface area contributed by atoms with Crippen LogP contribution in [0.25, 0.3) is 0 Å². The molecule has 1 heterocycles. The van der Waals surface area contributed by atoms with Crippen molar-refractivity contribution < 1.29 is 14.3 Å². The first-order valence-corrected chi connectivity index (χ1v) is 5.55. The zero-order valence-corrected chi connectivity index (χ0v) is 10.2. The van der Waals surface area contributed by atoms with E-state index in [9.17, 15) is 9.18 Å². The third-order valence-corrected chi connectivity index (χ3v) is 2.24. The first-order valence-electron chi connectivity index (χ1n) is 5.55. The van der Waals surface area contributed by atoms with Crippen LogP contribution >= 0.6 is 0 Å². The first-order chi connectivity index (χ1) is 9.70. The van der Waals surface area contributed by atoms with Crippen molar-refractivity contribution in [3.05, 3.63) is 47.5 Å². The van der Waals surface area contributed by atoms with Gasteiger partial charge in [0.15, 0.2) is 0 Å². The van der Waals surface area contributed by atoms with Crippen LogP contribution in [0, 0.1) is 17.7 Å². The van der Waals surface area contributed by atoms with Crippen LogP contribution in [0.3, 0.4) is 0 Å². The van der Waals surface area contributed by atoms with E-state index in [2.05, 4.69) is 32.3 Å². The minimum Gasteiger partial charge on any atom is -0.384 e. The molecule has 6 nitrogen and oxygen atoms in total. The lowest BCUT2D eigenvalue weighted by atomic mass is 10.1. The number of rotatable bonds is 2. The number of benzene rings is 1. The van der Waals surface area contributed by atoms with Crippen LogP contribution in [0.5, 0.6) is 0 Å². The molecule has 0 saturated heterocycles. The van der Waals surface area contributed by atoms with E-state index < -0.39 is 11.7 Å². The van der Waals surface area contributed by atoms with Crippen molar-refractivity contribution in [2.75, 3.05) is 11.9 Å². The second-order valence-electron chi connectivity index (χ2n) is 3.57. The molecule has 0 saturated carbocycles. The predicted octanol–water partition coefficient (Wildman–Crippen LogP) is 0.607. The summed E-state index contributed by atoms with van der Waals surface area (Å²) < 4.78 is 13.2. The lowest BCUT2D eigenvalue weighted by Crippen LogP contribution is -2.16. The Hall–Kier alpha value is -2.85. The van der Waals surface area contributed by atoms with Crippen LogP contribution in [0.2, 0.25) is 0 Å². The van der Waals surface area contributed by atoms with Gasteiger partial charge in [-0.2, -0.15) is 5.10 Å². The van der Waals surface area contributed by atoms with Gasteiger partial charge < -0.3 is 5.11 Å². The zero-order chi connectivity index (χ0) is 14.4. The van der Waals surface area contributed by atoms with Gasteiger partial charge in [0.05, 0.1) is 18.0 Å². The highest BCUT2D eigenvalue weighted by Gasteiger charge is 2.12. The molecule has 0 fully saturated rings. The van der Waals surface area contributed by atoms with Crippen molar-refractivity contribution >= 4 is 11.9 Å². The number of hydrogen-bond acceptors (Lipinski definition) is 5. The summed E-state index contributed by atoms with van der Waals surface area (Å²) in [6.07, 6.45) is 2.74. The molecule has 20 heavy (non-hydrogen) atoms. The summed E-state index contributed by atoms with van der Waals surface area (Å²) in [5.74, 6) is 3.84. The highest BCUT2D eigenvalue weighted by molar-refractivity contribution is 6.05. The number of carbonyl (C=O) groups excluding carboxylic acids is 1. The zero-order valence-electron chi connectivity index (χ0n) is 10.2. The summed E-state index contributed by atoms with van der Waals surface area (Å²) in [7, 11) is 0. The van der Waals surface area contributed by atoms with E-state index >= 15 is 0 Å². The van der Waals surface area contributed by atoms with E-state index in [0.717, 1.165) is 12.1 Å². The van der Waals surface area contributed by atoms with Gasteiger partial charge in [-0.1, -0.05) is 11.8 Å². The predicted molar refractivity (Wildman–Crippen MR) is 68.1 cm³/mol. The van der Waals surface area contributed by atoms with Crippen molar-refractivity contribution in [2.24, 2.45) is 0 Å². The molecule has 0 aliphatic carbocycles. The maximum atomic E-state index is 13.2. The van der Waals surface area contributed by atoms with Gasteiger partial charge in [0.25, 0.3) is 5.91 Å². The molecule has 2 rings (SSSR count). The van der Waals surface area contributed by atoms with E-state index in [0.29, 0.717) is 0 Å². The Bertz CT molecular complexity index is 680. The molecule has 2 aromatic rings. The van der Waals surface area contributed by atoms with E-state index in [4.69, 9.17) is 5.11 Å². The summed E-state index contributed by atoms with van der Waals surface area (Å²) in [5, 5.41) is 18.3. The fourth-order valence-electron chi connectivity index (χ4n) is 1.43. The van der Waals surface area contributed by atoms with E-state index in [1.807, 2.05) is 0 Å². The number of hydrogen-bond donors (Lipinski definition) is 2. The molecule has 0 spiro atoms. The number of aliphatic hydroxyl groups excluding tert-OH is 1. The Morgan fingerprint density at radius 3 is 2.95 bits per heavy atom. The molecule has 1 aromatic heterocycles. The SMILES string of the molecule is O=C(Nc1nccnn1)c1ccc(F)cc1C#CCO. The van der Waals surface area contributed by atoms with Gasteiger partial charge in [0.1, 0.15) is 12.4 Å². The number of halogens is 1. The summed E-state index contributed by atoms with van der Waals surface area (Å²) in [6.45, 7) is -0.386. The van der Waals surface area contributed by atoms with Crippen LogP contribution in [0.15, 0.2) is 30.6 Å². The fourth-order valence-corrected chi connectivity index (χ4v) is 1.43. The van der Waals surface area contributed by atoms with Gasteiger partial charge >= 0.3 is 0 Å². The maximum absolute atomic E-state index is 13.2. The van der Waals surface area contributed by atoms with E-state index in [1.54, 1.807) is 0 Å². The molecule has 7 heteroatoms. The van der Waals surface area contributed by atoms with Gasteiger partial charge in [0, 0.05) is 5.56 Å². The highest BCUT2D eigenvalue weighted by atomic mass is 19.1. The molecular formula is C13H9FN4O2. The van der Waals surface area contributed by atoms with Gasteiger partial charge in [0.2, 0.25) is 5.95 Å². The molecule has 0 atom stereocenters. The molecule has 0 unspecified atom stereocenters. The van der Waals surface area contributed by atoms with Gasteiger partial charge in [-0.15, -0.1) is 5.10 Å². The van der Waals surface area contributed by atoms with E-state index in [1.165, 1.54) is 18.5 Å². The average molecular weight is 272 g/mol. The second-order valence-corrected chi connectivity index (χ2v) is 3.57. The summed E-state index contributed by atoms with van der Waals surface area (Å²) >= 11 is 0. The number of nitrogens with zero attached hydrogens (tertiary/aromatic N) is 3. The topological polar surface area (TPSA) is 88.0 Å². The van der Waals surface area contributed by atoms with Crippen molar-refractivity contribution in [2.45, 2.75) is 0 Å². The first kappa shape index (κ1) is 13.6. The lowest BCUT2D eigenvalue weighted by molar-refractivity contribution is 0.102. The average Bonchev–Trinajstić information content (AvgIpc) is 2.46. The van der Waals surface area contributed by atoms with Crippen LogP contribution in [-0.4, -0.2) is 32.8 Å². The van der Waals surface area contributed by atoms with Gasteiger partial charge in [-0.25, -0.2) is 9.37 Å². The Kier molecular flexibility index (Phi) is 4.32. The molecule has 0 bridgehead atoms. The quantitative estimate of drug-likeness (QED) is 0.782. The smallest absolute Gasteiger partial charge is 0.259 e. The van der Waals surface area contributed by atoms with Crippen molar-refractivity contribution in [1.82, 2.24) is 15.2 Å². The minimum absolute atomic E-state index is 0.0305. The van der Waals surface area contributed by atoms with Gasteiger partial charge in [-0.3, -0.25) is 10.1 Å². The Balaban J connectivity index is 2.30. The molecule has 0 aliphatic rings. The third-order valence-electron chi connectivity index (χ3n) is 2.24. The Morgan fingerprint density at radius 1 is 1.40 bits per heavy atom. The Morgan fingerprint density at radius 2 is 2.25 bits per heavy atom. The monoisotopic (exact) mass is 272 g/mol. The largest absolute Gasteiger partial charge is 0.384 e. The standard InChI is InChI=1S/C13H9FN4O2/c14-10-3-4-11(9(8-10)2-1-7-19)12(20)17-13-15-5-6-16-18-13/h3-6,8,19H,7H2,(H,15,17,18,20). The molecule has 100 valence electrons. The number of carbonyl (C=O) groups is 1. The second kappa shape index (κ2) is 6.36. The van der Waals surface area contributed by atoms with Crippen LogP contribution < -0.4 is 5.32 Å². The van der Waals surface area contributed by atoms with E-state index in [-0.39, 0.29) is 23.7 Å². The van der Waals surface area contributed by atoms with Gasteiger partial charge in [-0.05, 0) is 18.2 Å². The number of aromatic nitrogens is 3. The fraction of sp³-hybridized carbons (Fsp3) is 0.0769. The number of anilines is 1. The molecule has 0 radical (unpaired) electrons. The number of amides is 1. The molecule has 1 amide bonds. The molecule has 1 aromatic carbocycles. The van der Waals surface area contributed by atoms with Crippen LogP contribution in [0.1, 0.15) is 15.9 Å². The van der Waals surface area contributed by atoms with Crippen molar-refractivity contribution in [3.8, 4) is 11.8 Å². The molecule has 0 aliphatic heterocycles. The van der Waals surface area contributed by atoms with Crippen molar-refractivity contribution in [3.63, 3.8) is 0 Å².